The summed E-state index contributed by atoms with van der Waals surface area (Å²) < 4.78 is 5.25. The van der Waals surface area contributed by atoms with Crippen molar-refractivity contribution in [3.8, 4) is 5.75 Å². The van der Waals surface area contributed by atoms with Gasteiger partial charge in [-0.1, -0.05) is 53.5 Å². The normalized spacial score (nSPS) is 13.2. The molecule has 1 heterocycles. The van der Waals surface area contributed by atoms with E-state index in [1.165, 1.54) is 19.2 Å². The molecule has 1 aliphatic heterocycles. The van der Waals surface area contributed by atoms with E-state index in [1.54, 1.807) is 0 Å². The molecule has 1 saturated heterocycles. The van der Waals surface area contributed by atoms with Crippen molar-refractivity contribution in [2.75, 3.05) is 43.5 Å². The van der Waals surface area contributed by atoms with E-state index in [0.29, 0.717) is 36.8 Å². The van der Waals surface area contributed by atoms with Crippen LogP contribution in [0.3, 0.4) is 0 Å². The molecule has 0 aromatic heterocycles. The summed E-state index contributed by atoms with van der Waals surface area (Å²) in [5.74, 6) is -0.258. The van der Waals surface area contributed by atoms with Crippen LogP contribution in [-0.4, -0.2) is 55.1 Å². The molecule has 186 valence electrons. The van der Waals surface area contributed by atoms with E-state index in [9.17, 15) is 9.59 Å². The third kappa shape index (κ3) is 5.90. The molecule has 0 unspecified atom stereocenters. The van der Waals surface area contributed by atoms with Gasteiger partial charge < -0.3 is 19.9 Å². The molecule has 1 aliphatic rings. The molecule has 4 rings (SSSR count). The molecule has 0 saturated carbocycles. The van der Waals surface area contributed by atoms with Crippen molar-refractivity contribution in [3.05, 3.63) is 87.9 Å². The van der Waals surface area contributed by atoms with Crippen LogP contribution in [0.2, 0.25) is 10.0 Å². The Labute approximate surface area is 224 Å². The lowest BCUT2D eigenvalue weighted by atomic mass is 10.1. The summed E-state index contributed by atoms with van der Waals surface area (Å²) in [5.41, 5.74) is 2.52. The minimum Gasteiger partial charge on any atom is -0.494 e. The summed E-state index contributed by atoms with van der Waals surface area (Å²) in [6, 6.07) is 19.9. The molecule has 36 heavy (non-hydrogen) atoms. The fourth-order valence-electron chi connectivity index (χ4n) is 4.03. The summed E-state index contributed by atoms with van der Waals surface area (Å²) in [7, 11) is 1.42. The average Bonchev–Trinajstić information content (AvgIpc) is 2.88. The van der Waals surface area contributed by atoms with Crippen molar-refractivity contribution in [2.45, 2.75) is 0 Å². The molecule has 0 bridgehead atoms. The largest absolute Gasteiger partial charge is 0.494 e. The highest BCUT2D eigenvalue weighted by atomic mass is 35.5. The first kappa shape index (κ1) is 25.8. The van der Waals surface area contributed by atoms with Crippen LogP contribution >= 0.6 is 35.4 Å². The van der Waals surface area contributed by atoms with Crippen LogP contribution in [0.5, 0.6) is 5.75 Å². The third-order valence-electron chi connectivity index (χ3n) is 5.76. The molecule has 1 fully saturated rings. The minimum absolute atomic E-state index is 0.0297. The highest BCUT2D eigenvalue weighted by molar-refractivity contribution is 7.80. The first-order chi connectivity index (χ1) is 17.4. The van der Waals surface area contributed by atoms with Crippen molar-refractivity contribution in [2.24, 2.45) is 0 Å². The summed E-state index contributed by atoms with van der Waals surface area (Å²) in [6.45, 7) is 2.51. The number of hydrogen-bond donors (Lipinski definition) is 2. The molecular formula is C26H24Cl2N4O3S. The van der Waals surface area contributed by atoms with Crippen LogP contribution in [0, 0.1) is 0 Å². The number of carbonyl (C=O) groups excluding carboxylic acids is 2. The predicted molar refractivity (Wildman–Crippen MR) is 148 cm³/mol. The number of para-hydroxylation sites is 2. The number of piperazine rings is 1. The molecule has 0 radical (unpaired) electrons. The number of ether oxygens (including phenoxy) is 1. The molecule has 0 aliphatic carbocycles. The van der Waals surface area contributed by atoms with Gasteiger partial charge in [-0.15, -0.1) is 0 Å². The van der Waals surface area contributed by atoms with Gasteiger partial charge >= 0.3 is 0 Å². The number of anilines is 2. The Hall–Kier alpha value is -3.33. The smallest absolute Gasteiger partial charge is 0.261 e. The summed E-state index contributed by atoms with van der Waals surface area (Å²) in [5, 5.41) is 6.41. The van der Waals surface area contributed by atoms with Gasteiger partial charge in [0.2, 0.25) is 0 Å². The summed E-state index contributed by atoms with van der Waals surface area (Å²) >= 11 is 17.6. The Balaban J connectivity index is 1.41. The molecule has 10 heteroatoms. The lowest BCUT2D eigenvalue weighted by Gasteiger charge is -2.37. The van der Waals surface area contributed by atoms with Gasteiger partial charge in [0, 0.05) is 36.8 Å². The predicted octanol–water partition coefficient (Wildman–Crippen LogP) is 5.09. The Morgan fingerprint density at radius 1 is 0.944 bits per heavy atom. The molecular weight excluding hydrogens is 519 g/mol. The van der Waals surface area contributed by atoms with Gasteiger partial charge in [-0.3, -0.25) is 14.9 Å². The molecule has 7 nitrogen and oxygen atoms in total. The summed E-state index contributed by atoms with van der Waals surface area (Å²) in [6.07, 6.45) is 0. The van der Waals surface area contributed by atoms with Crippen LogP contribution in [-0.2, 0) is 0 Å². The van der Waals surface area contributed by atoms with Gasteiger partial charge in [0.15, 0.2) is 5.11 Å². The number of thiocarbonyl (C=S) groups is 1. The average molecular weight is 543 g/mol. The van der Waals surface area contributed by atoms with Crippen LogP contribution < -0.4 is 20.3 Å². The maximum absolute atomic E-state index is 12.8. The first-order valence-electron chi connectivity index (χ1n) is 11.2. The Kier molecular flexibility index (Phi) is 8.30. The monoisotopic (exact) mass is 542 g/mol. The Morgan fingerprint density at radius 2 is 1.61 bits per heavy atom. The topological polar surface area (TPSA) is 73.9 Å². The van der Waals surface area contributed by atoms with E-state index in [4.69, 9.17) is 40.2 Å². The number of amides is 2. The zero-order chi connectivity index (χ0) is 25.7. The van der Waals surface area contributed by atoms with E-state index in [2.05, 4.69) is 15.5 Å². The van der Waals surface area contributed by atoms with Gasteiger partial charge in [-0.05, 0) is 48.6 Å². The number of nitrogens with zero attached hydrogens (tertiary/aromatic N) is 2. The van der Waals surface area contributed by atoms with Crippen molar-refractivity contribution >= 4 is 63.7 Å². The number of benzene rings is 3. The number of carbonyl (C=O) groups is 2. The lowest BCUT2D eigenvalue weighted by molar-refractivity contribution is 0.0746. The molecule has 0 atom stereocenters. The van der Waals surface area contributed by atoms with Crippen molar-refractivity contribution in [1.82, 2.24) is 10.2 Å². The molecule has 3 aromatic carbocycles. The van der Waals surface area contributed by atoms with Crippen molar-refractivity contribution in [3.63, 3.8) is 0 Å². The Bertz CT molecular complexity index is 1280. The van der Waals surface area contributed by atoms with Gasteiger partial charge in [-0.25, -0.2) is 0 Å². The zero-order valence-corrected chi connectivity index (χ0v) is 21.8. The molecule has 2 N–H and O–H groups in total. The SMILES string of the molecule is COc1c(Cl)cc(Cl)cc1C(=O)NC(=S)Nc1ccccc1N1CCN(C(=O)c2ccccc2)CC1. The highest BCUT2D eigenvalue weighted by Gasteiger charge is 2.24. The highest BCUT2D eigenvalue weighted by Crippen LogP contribution is 2.32. The fourth-order valence-corrected chi connectivity index (χ4v) is 4.80. The van der Waals surface area contributed by atoms with Crippen LogP contribution in [0.4, 0.5) is 11.4 Å². The standard InChI is InChI=1S/C26H24Cl2N4O3S/c1-35-23-19(15-18(27)16-20(23)28)24(33)30-26(36)29-21-9-5-6-10-22(21)31-11-13-32(14-12-31)25(34)17-7-3-2-4-8-17/h2-10,15-16H,11-14H2,1H3,(H2,29,30,33,36). The quantitative estimate of drug-likeness (QED) is 0.437. The number of hydrogen-bond acceptors (Lipinski definition) is 5. The van der Waals surface area contributed by atoms with Crippen molar-refractivity contribution in [1.29, 1.82) is 0 Å². The zero-order valence-electron chi connectivity index (χ0n) is 19.5. The van der Waals surface area contributed by atoms with Gasteiger partial charge in [0.1, 0.15) is 5.75 Å². The minimum atomic E-state index is -0.501. The van der Waals surface area contributed by atoms with Gasteiger partial charge in [-0.2, -0.15) is 0 Å². The van der Waals surface area contributed by atoms with E-state index in [0.717, 1.165) is 11.4 Å². The maximum atomic E-state index is 12.8. The van der Waals surface area contributed by atoms with Crippen molar-refractivity contribution < 1.29 is 14.3 Å². The van der Waals surface area contributed by atoms with E-state index < -0.39 is 5.91 Å². The van der Waals surface area contributed by atoms with Gasteiger partial charge in [0.05, 0.1) is 29.1 Å². The first-order valence-corrected chi connectivity index (χ1v) is 12.4. The Morgan fingerprint density at radius 3 is 2.31 bits per heavy atom. The number of nitrogens with one attached hydrogen (secondary N) is 2. The maximum Gasteiger partial charge on any atom is 0.261 e. The van der Waals surface area contributed by atoms with E-state index in [-0.39, 0.29) is 27.4 Å². The summed E-state index contributed by atoms with van der Waals surface area (Å²) in [4.78, 5) is 29.7. The second-order valence-electron chi connectivity index (χ2n) is 8.04. The fraction of sp³-hybridized carbons (Fsp3) is 0.192. The second-order valence-corrected chi connectivity index (χ2v) is 9.29. The number of methoxy groups -OCH3 is 1. The molecule has 2 amide bonds. The van der Waals surface area contributed by atoms with Crippen LogP contribution in [0.25, 0.3) is 0 Å². The third-order valence-corrected chi connectivity index (χ3v) is 6.47. The van der Waals surface area contributed by atoms with E-state index in [1.807, 2.05) is 59.5 Å². The molecule has 0 spiro atoms. The van der Waals surface area contributed by atoms with Crippen LogP contribution in [0.1, 0.15) is 20.7 Å². The number of rotatable bonds is 5. The van der Waals surface area contributed by atoms with Crippen LogP contribution in [0.15, 0.2) is 66.7 Å². The second kappa shape index (κ2) is 11.6. The number of halogens is 2. The van der Waals surface area contributed by atoms with E-state index >= 15 is 0 Å². The molecule has 3 aromatic rings. The van der Waals surface area contributed by atoms with Gasteiger partial charge in [0.25, 0.3) is 11.8 Å². The lowest BCUT2D eigenvalue weighted by Crippen LogP contribution is -2.49.